The highest BCUT2D eigenvalue weighted by Gasteiger charge is 2.33. The molecule has 0 aliphatic heterocycles. The molecule has 0 amide bonds. The second-order valence-corrected chi connectivity index (χ2v) is 2.55. The number of rotatable bonds is 0. The van der Waals surface area contributed by atoms with Crippen molar-refractivity contribution in [1.82, 2.24) is 0 Å². The highest BCUT2D eigenvalue weighted by molar-refractivity contribution is 5.45. The van der Waals surface area contributed by atoms with Crippen LogP contribution in [0.4, 0.5) is 17.6 Å². The lowest BCUT2D eigenvalue weighted by atomic mass is 10.1. The van der Waals surface area contributed by atoms with Gasteiger partial charge in [0.2, 0.25) is 0 Å². The third-order valence-corrected chi connectivity index (χ3v) is 1.54. The van der Waals surface area contributed by atoms with Gasteiger partial charge in [-0.25, -0.2) is 4.39 Å². The molecule has 15 heavy (non-hydrogen) atoms. The van der Waals surface area contributed by atoms with E-state index in [1.165, 1.54) is 6.07 Å². The molecular formula is C10H3F4N. The van der Waals surface area contributed by atoms with Gasteiger partial charge in [-0.1, -0.05) is 5.92 Å². The predicted molar refractivity (Wildman–Crippen MR) is 43.9 cm³/mol. The fourth-order valence-corrected chi connectivity index (χ4v) is 0.955. The monoisotopic (exact) mass is 213 g/mol. The van der Waals surface area contributed by atoms with Crippen molar-refractivity contribution in [2.75, 3.05) is 0 Å². The molecule has 0 aromatic heterocycles. The van der Waals surface area contributed by atoms with Crippen LogP contribution in [0.15, 0.2) is 18.2 Å². The van der Waals surface area contributed by atoms with Crippen molar-refractivity contribution in [3.63, 3.8) is 0 Å². The van der Waals surface area contributed by atoms with E-state index in [0.717, 1.165) is 12.1 Å². The molecule has 0 radical (unpaired) electrons. The lowest BCUT2D eigenvalue weighted by Crippen LogP contribution is -2.08. The van der Waals surface area contributed by atoms with Crippen molar-refractivity contribution in [2.45, 2.75) is 6.18 Å². The second-order valence-electron chi connectivity index (χ2n) is 2.55. The number of halogens is 4. The molecule has 0 N–H and O–H groups in total. The van der Waals surface area contributed by atoms with Crippen LogP contribution < -0.4 is 0 Å². The van der Waals surface area contributed by atoms with E-state index in [1.54, 1.807) is 0 Å². The Kier molecular flexibility index (Phi) is 2.96. The van der Waals surface area contributed by atoms with Crippen LogP contribution in [0.5, 0.6) is 0 Å². The van der Waals surface area contributed by atoms with Crippen molar-refractivity contribution in [3.05, 3.63) is 35.1 Å². The van der Waals surface area contributed by atoms with E-state index in [-0.39, 0.29) is 0 Å². The fraction of sp³-hybridized carbons (Fsp3) is 0.100. The predicted octanol–water partition coefficient (Wildman–Crippen LogP) is 2.72. The van der Waals surface area contributed by atoms with E-state index in [9.17, 15) is 17.6 Å². The summed E-state index contributed by atoms with van der Waals surface area (Å²) in [6, 6.07) is 3.48. The Bertz CT molecular complexity index is 471. The third-order valence-electron chi connectivity index (χ3n) is 1.54. The molecular weight excluding hydrogens is 210 g/mol. The first kappa shape index (κ1) is 11.1. The van der Waals surface area contributed by atoms with Gasteiger partial charge in [0.25, 0.3) is 0 Å². The van der Waals surface area contributed by atoms with Gasteiger partial charge in [-0.3, -0.25) is 0 Å². The molecule has 5 heteroatoms. The molecule has 0 saturated heterocycles. The highest BCUT2D eigenvalue weighted by Crippen LogP contribution is 2.32. The average Bonchev–Trinajstić information content (AvgIpc) is 2.14. The lowest BCUT2D eigenvalue weighted by Gasteiger charge is -2.08. The minimum absolute atomic E-state index is 0.349. The first-order chi connectivity index (χ1) is 6.95. The number of nitriles is 1. The summed E-state index contributed by atoms with van der Waals surface area (Å²) < 4.78 is 49.6. The molecule has 1 rings (SSSR count). The summed E-state index contributed by atoms with van der Waals surface area (Å²) in [7, 11) is 0. The summed E-state index contributed by atoms with van der Waals surface area (Å²) in [4.78, 5) is 0. The summed E-state index contributed by atoms with van der Waals surface area (Å²) in [5.41, 5.74) is -1.59. The minimum atomic E-state index is -4.68. The maximum absolute atomic E-state index is 12.6. The van der Waals surface area contributed by atoms with Crippen LogP contribution in [-0.2, 0) is 6.18 Å². The fourth-order valence-electron chi connectivity index (χ4n) is 0.955. The molecule has 0 aliphatic rings. The van der Waals surface area contributed by atoms with Gasteiger partial charge in [-0.05, 0) is 18.2 Å². The molecule has 76 valence electrons. The van der Waals surface area contributed by atoms with E-state index in [1.807, 2.05) is 11.8 Å². The Hall–Kier alpha value is -2.01. The molecule has 0 fully saturated rings. The number of benzene rings is 1. The van der Waals surface area contributed by atoms with Crippen LogP contribution in [0.2, 0.25) is 0 Å². The minimum Gasteiger partial charge on any atom is -0.207 e. The summed E-state index contributed by atoms with van der Waals surface area (Å²) in [6.07, 6.45) is -4.68. The topological polar surface area (TPSA) is 23.8 Å². The van der Waals surface area contributed by atoms with Crippen molar-refractivity contribution < 1.29 is 17.6 Å². The van der Waals surface area contributed by atoms with Crippen molar-refractivity contribution >= 4 is 0 Å². The molecule has 0 saturated carbocycles. The van der Waals surface area contributed by atoms with E-state index in [2.05, 4.69) is 0 Å². The van der Waals surface area contributed by atoms with Crippen LogP contribution in [0, 0.1) is 29.0 Å². The summed E-state index contributed by atoms with van der Waals surface area (Å²) in [5, 5.41) is 8.10. The molecule has 0 spiro atoms. The zero-order valence-corrected chi connectivity index (χ0v) is 7.19. The lowest BCUT2D eigenvalue weighted by molar-refractivity contribution is -0.137. The molecule has 0 aliphatic carbocycles. The van der Waals surface area contributed by atoms with Gasteiger partial charge < -0.3 is 0 Å². The first-order valence-electron chi connectivity index (χ1n) is 3.72. The van der Waals surface area contributed by atoms with Gasteiger partial charge in [-0.15, -0.1) is 0 Å². The number of hydrogen-bond donors (Lipinski definition) is 0. The molecule has 1 aromatic carbocycles. The van der Waals surface area contributed by atoms with Crippen LogP contribution in [-0.4, -0.2) is 0 Å². The maximum atomic E-state index is 12.6. The third kappa shape index (κ3) is 2.72. The smallest absolute Gasteiger partial charge is 0.207 e. The van der Waals surface area contributed by atoms with Crippen molar-refractivity contribution in [3.8, 4) is 17.9 Å². The molecule has 1 nitrogen and oxygen atoms in total. The van der Waals surface area contributed by atoms with E-state index < -0.39 is 23.1 Å². The van der Waals surface area contributed by atoms with Gasteiger partial charge in [-0.2, -0.15) is 18.4 Å². The first-order valence-corrected chi connectivity index (χ1v) is 3.72. The molecule has 0 bridgehead atoms. The van der Waals surface area contributed by atoms with Gasteiger partial charge in [0.05, 0.1) is 5.56 Å². The van der Waals surface area contributed by atoms with Gasteiger partial charge in [0.1, 0.15) is 5.82 Å². The number of alkyl halides is 3. The average molecular weight is 213 g/mol. The van der Waals surface area contributed by atoms with Gasteiger partial charge >= 0.3 is 6.18 Å². The zero-order valence-electron chi connectivity index (χ0n) is 7.19. The Morgan fingerprint density at radius 2 is 1.87 bits per heavy atom. The van der Waals surface area contributed by atoms with E-state index in [4.69, 9.17) is 5.26 Å². The zero-order chi connectivity index (χ0) is 11.5. The van der Waals surface area contributed by atoms with Crippen LogP contribution in [0.25, 0.3) is 0 Å². The largest absolute Gasteiger partial charge is 0.417 e. The van der Waals surface area contributed by atoms with Crippen LogP contribution in [0.1, 0.15) is 11.1 Å². The summed E-state index contributed by atoms with van der Waals surface area (Å²) in [5.74, 6) is 2.83. The summed E-state index contributed by atoms with van der Waals surface area (Å²) in [6.45, 7) is 0. The normalized spacial score (nSPS) is 10.1. The Balaban J connectivity index is 3.35. The standard InChI is InChI=1S/C10H3F4N/c11-8-4-3-7(2-1-5-15)9(6-8)10(12,13)14/h3-4,6H. The molecule has 0 unspecified atom stereocenters. The van der Waals surface area contributed by atoms with E-state index >= 15 is 0 Å². The Morgan fingerprint density at radius 3 is 2.40 bits per heavy atom. The molecule has 0 heterocycles. The van der Waals surface area contributed by atoms with Crippen LogP contribution >= 0.6 is 0 Å². The molecule has 0 atom stereocenters. The quantitative estimate of drug-likeness (QED) is 0.480. The van der Waals surface area contributed by atoms with Gasteiger partial charge in [0, 0.05) is 11.5 Å². The maximum Gasteiger partial charge on any atom is 0.417 e. The Morgan fingerprint density at radius 1 is 1.20 bits per heavy atom. The number of hydrogen-bond acceptors (Lipinski definition) is 1. The summed E-state index contributed by atoms with van der Waals surface area (Å²) >= 11 is 0. The SMILES string of the molecule is N#CC#Cc1ccc(F)cc1C(F)(F)F. The Labute approximate surface area is 82.9 Å². The van der Waals surface area contributed by atoms with Gasteiger partial charge in [0.15, 0.2) is 6.07 Å². The van der Waals surface area contributed by atoms with Crippen molar-refractivity contribution in [2.24, 2.45) is 0 Å². The highest BCUT2D eigenvalue weighted by atomic mass is 19.4. The second kappa shape index (κ2) is 4.02. The van der Waals surface area contributed by atoms with Crippen LogP contribution in [0.3, 0.4) is 0 Å². The molecule has 1 aromatic rings. The van der Waals surface area contributed by atoms with E-state index in [0.29, 0.717) is 6.07 Å². The van der Waals surface area contributed by atoms with Crippen molar-refractivity contribution in [1.29, 1.82) is 5.26 Å². The number of nitrogens with zero attached hydrogens (tertiary/aromatic N) is 1.